The van der Waals surface area contributed by atoms with Crippen molar-refractivity contribution in [2.75, 3.05) is 6.54 Å². The van der Waals surface area contributed by atoms with Gasteiger partial charge in [0, 0.05) is 24.3 Å². The lowest BCUT2D eigenvalue weighted by atomic mass is 10.3. The van der Waals surface area contributed by atoms with Gasteiger partial charge in [-0.1, -0.05) is 6.07 Å². The molecule has 0 saturated heterocycles. The third-order valence-electron chi connectivity index (χ3n) is 2.53. The molecule has 106 valence electrons. The maximum absolute atomic E-state index is 12.4. The first kappa shape index (κ1) is 14.6. The fourth-order valence-electron chi connectivity index (χ4n) is 1.62. The van der Waals surface area contributed by atoms with Crippen molar-refractivity contribution in [1.29, 1.82) is 0 Å². The van der Waals surface area contributed by atoms with E-state index in [1.165, 1.54) is 29.0 Å². The predicted octanol–water partition coefficient (Wildman–Crippen LogP) is 1.42. The van der Waals surface area contributed by atoms with Crippen molar-refractivity contribution in [3.05, 3.63) is 46.9 Å². The van der Waals surface area contributed by atoms with Gasteiger partial charge in [-0.25, -0.2) is 8.42 Å². The van der Waals surface area contributed by atoms with Crippen LogP contribution in [0.3, 0.4) is 0 Å². The molecule has 0 aliphatic rings. The first-order valence-electron chi connectivity index (χ1n) is 5.63. The quantitative estimate of drug-likeness (QED) is 0.871. The van der Waals surface area contributed by atoms with Gasteiger partial charge in [0.2, 0.25) is 10.0 Å². The number of carbonyl (C=O) groups is 1. The molecule has 8 heteroatoms. The summed E-state index contributed by atoms with van der Waals surface area (Å²) in [7, 11) is -3.82. The second kappa shape index (κ2) is 6.12. The van der Waals surface area contributed by atoms with E-state index in [9.17, 15) is 13.2 Å². The smallest absolute Gasteiger partial charge is 0.318 e. The Morgan fingerprint density at radius 1 is 1.40 bits per heavy atom. The number of thiophene rings is 1. The van der Waals surface area contributed by atoms with E-state index in [4.69, 9.17) is 5.11 Å². The average molecular weight is 312 g/mol. The van der Waals surface area contributed by atoms with Crippen LogP contribution in [0.4, 0.5) is 0 Å². The predicted molar refractivity (Wildman–Crippen MR) is 73.8 cm³/mol. The number of sulfonamides is 1. The number of aromatic nitrogens is 1. The highest BCUT2D eigenvalue weighted by atomic mass is 32.2. The summed E-state index contributed by atoms with van der Waals surface area (Å²) in [6.45, 7) is -0.620. The number of pyridine rings is 1. The van der Waals surface area contributed by atoms with Crippen molar-refractivity contribution in [2.45, 2.75) is 11.4 Å². The third kappa shape index (κ3) is 3.41. The summed E-state index contributed by atoms with van der Waals surface area (Å²) >= 11 is 1.24. The summed E-state index contributed by atoms with van der Waals surface area (Å²) in [5.74, 6) is -1.20. The van der Waals surface area contributed by atoms with Crippen LogP contribution in [0.25, 0.3) is 0 Å². The molecule has 2 aromatic heterocycles. The van der Waals surface area contributed by atoms with Gasteiger partial charge < -0.3 is 5.11 Å². The van der Waals surface area contributed by atoms with E-state index in [1.807, 2.05) is 0 Å². The van der Waals surface area contributed by atoms with Gasteiger partial charge in [-0.3, -0.25) is 9.78 Å². The first-order chi connectivity index (χ1) is 9.50. The Labute approximate surface area is 120 Å². The Morgan fingerprint density at radius 3 is 2.75 bits per heavy atom. The molecule has 0 atom stereocenters. The largest absolute Gasteiger partial charge is 0.480 e. The summed E-state index contributed by atoms with van der Waals surface area (Å²) in [5, 5.41) is 12.0. The van der Waals surface area contributed by atoms with Gasteiger partial charge in [-0.05, 0) is 23.1 Å². The van der Waals surface area contributed by atoms with Gasteiger partial charge in [0.25, 0.3) is 0 Å². The fraction of sp³-hybridized carbons (Fsp3) is 0.167. The molecule has 0 fully saturated rings. The highest BCUT2D eigenvalue weighted by Gasteiger charge is 2.27. The van der Waals surface area contributed by atoms with Crippen LogP contribution in [-0.4, -0.2) is 35.3 Å². The molecule has 6 nitrogen and oxygen atoms in total. The molecular weight excluding hydrogens is 300 g/mol. The van der Waals surface area contributed by atoms with Gasteiger partial charge in [0.15, 0.2) is 0 Å². The number of aliphatic carboxylic acids is 1. The molecule has 0 unspecified atom stereocenters. The molecule has 0 radical (unpaired) electrons. The highest BCUT2D eigenvalue weighted by molar-refractivity contribution is 7.89. The van der Waals surface area contributed by atoms with Crippen molar-refractivity contribution in [3.63, 3.8) is 0 Å². The zero-order valence-corrected chi connectivity index (χ0v) is 12.0. The molecule has 20 heavy (non-hydrogen) atoms. The Morgan fingerprint density at radius 2 is 2.20 bits per heavy atom. The summed E-state index contributed by atoms with van der Waals surface area (Å²) in [6.07, 6.45) is 3.08. The Balaban J connectivity index is 2.31. The first-order valence-corrected chi connectivity index (χ1v) is 8.01. The lowest BCUT2D eigenvalue weighted by molar-refractivity contribution is -0.137. The summed E-state index contributed by atoms with van der Waals surface area (Å²) in [5.41, 5.74) is 0.632. The summed E-state index contributed by atoms with van der Waals surface area (Å²) < 4.78 is 25.7. The third-order valence-corrected chi connectivity index (χ3v) is 5.15. The fourth-order valence-corrected chi connectivity index (χ4v) is 4.01. The van der Waals surface area contributed by atoms with Crippen LogP contribution in [-0.2, 0) is 21.4 Å². The molecule has 0 spiro atoms. The van der Waals surface area contributed by atoms with Crippen LogP contribution in [0.15, 0.2) is 46.2 Å². The minimum atomic E-state index is -3.82. The Kier molecular flexibility index (Phi) is 4.48. The monoisotopic (exact) mass is 312 g/mol. The van der Waals surface area contributed by atoms with E-state index in [1.54, 1.807) is 23.7 Å². The van der Waals surface area contributed by atoms with Crippen molar-refractivity contribution in [1.82, 2.24) is 9.29 Å². The zero-order valence-electron chi connectivity index (χ0n) is 10.3. The van der Waals surface area contributed by atoms with Crippen LogP contribution < -0.4 is 0 Å². The number of hydrogen-bond acceptors (Lipinski definition) is 5. The van der Waals surface area contributed by atoms with Gasteiger partial charge in [-0.2, -0.15) is 15.6 Å². The van der Waals surface area contributed by atoms with Gasteiger partial charge >= 0.3 is 5.97 Å². The van der Waals surface area contributed by atoms with E-state index in [-0.39, 0.29) is 11.4 Å². The van der Waals surface area contributed by atoms with Crippen molar-refractivity contribution in [3.8, 4) is 0 Å². The van der Waals surface area contributed by atoms with Crippen LogP contribution in [0.5, 0.6) is 0 Å². The number of rotatable bonds is 6. The lowest BCUT2D eigenvalue weighted by Crippen LogP contribution is -2.35. The van der Waals surface area contributed by atoms with Crippen molar-refractivity contribution < 1.29 is 18.3 Å². The molecule has 0 aliphatic heterocycles. The molecule has 2 rings (SSSR count). The van der Waals surface area contributed by atoms with E-state index in [0.29, 0.717) is 5.56 Å². The van der Waals surface area contributed by atoms with Crippen molar-refractivity contribution in [2.24, 2.45) is 0 Å². The Hall–Kier alpha value is -1.77. The van der Waals surface area contributed by atoms with Gasteiger partial charge in [-0.15, -0.1) is 0 Å². The van der Waals surface area contributed by atoms with E-state index in [0.717, 1.165) is 4.31 Å². The number of nitrogens with zero attached hydrogens (tertiary/aromatic N) is 2. The zero-order chi connectivity index (χ0) is 14.6. The SMILES string of the molecule is O=C(O)CN(Cc1cccnc1)S(=O)(=O)c1ccsc1. The summed E-state index contributed by atoms with van der Waals surface area (Å²) in [4.78, 5) is 14.9. The highest BCUT2D eigenvalue weighted by Crippen LogP contribution is 2.20. The number of carboxylic acids is 1. The number of carboxylic acid groups (broad SMARTS) is 1. The van der Waals surface area contributed by atoms with Crippen LogP contribution >= 0.6 is 11.3 Å². The van der Waals surface area contributed by atoms with Crippen LogP contribution in [0.2, 0.25) is 0 Å². The maximum Gasteiger partial charge on any atom is 0.318 e. The van der Waals surface area contributed by atoms with Crippen molar-refractivity contribution >= 4 is 27.3 Å². The minimum Gasteiger partial charge on any atom is -0.480 e. The van der Waals surface area contributed by atoms with Gasteiger partial charge in [0.05, 0.1) is 4.90 Å². The summed E-state index contributed by atoms with van der Waals surface area (Å²) in [6, 6.07) is 4.83. The molecular formula is C12H12N2O4S2. The van der Waals surface area contributed by atoms with Crippen LogP contribution in [0.1, 0.15) is 5.56 Å². The second-order valence-electron chi connectivity index (χ2n) is 3.99. The molecule has 0 aliphatic carbocycles. The lowest BCUT2D eigenvalue weighted by Gasteiger charge is -2.19. The molecule has 0 saturated carbocycles. The second-order valence-corrected chi connectivity index (χ2v) is 6.71. The molecule has 1 N–H and O–H groups in total. The maximum atomic E-state index is 12.4. The van der Waals surface area contributed by atoms with Gasteiger partial charge in [0.1, 0.15) is 6.54 Å². The van der Waals surface area contributed by atoms with E-state index >= 15 is 0 Å². The minimum absolute atomic E-state index is 0.0294. The van der Waals surface area contributed by atoms with E-state index < -0.39 is 22.5 Å². The topological polar surface area (TPSA) is 87.6 Å². The van der Waals surface area contributed by atoms with E-state index in [2.05, 4.69) is 4.98 Å². The van der Waals surface area contributed by atoms with Crippen LogP contribution in [0, 0.1) is 0 Å². The molecule has 0 amide bonds. The molecule has 0 bridgehead atoms. The normalized spacial score (nSPS) is 11.7. The molecule has 2 heterocycles. The number of hydrogen-bond donors (Lipinski definition) is 1. The molecule has 2 aromatic rings. The standard InChI is InChI=1S/C12H12N2O4S2/c15-12(16)8-14(7-10-2-1-4-13-6-10)20(17,18)11-3-5-19-9-11/h1-6,9H,7-8H2,(H,15,16). The molecule has 0 aromatic carbocycles. The Bertz CT molecular complexity index is 669. The average Bonchev–Trinajstić information content (AvgIpc) is 2.93.